The van der Waals surface area contributed by atoms with Crippen LogP contribution in [0.4, 0.5) is 0 Å². The van der Waals surface area contributed by atoms with Crippen molar-refractivity contribution < 1.29 is 4.79 Å². The molecule has 72 valence electrons. The first-order valence-corrected chi connectivity index (χ1v) is 4.89. The molecule has 0 fully saturated rings. The minimum Gasteiger partial charge on any atom is -0.303 e. The van der Waals surface area contributed by atoms with Crippen LogP contribution in [0.25, 0.3) is 0 Å². The van der Waals surface area contributed by atoms with E-state index in [0.717, 1.165) is 12.7 Å². The third-order valence-electron chi connectivity index (χ3n) is 2.12. The molecule has 0 aliphatic carbocycles. The smallest absolute Gasteiger partial charge is 0.120 e. The average Bonchev–Trinajstić information content (AvgIpc) is 1.84. The molecule has 0 aromatic rings. The van der Waals surface area contributed by atoms with E-state index in [1.54, 1.807) is 0 Å². The van der Waals surface area contributed by atoms with Crippen LogP contribution >= 0.6 is 0 Å². The normalized spacial score (nSPS) is 14.3. The van der Waals surface area contributed by atoms with Crippen LogP contribution in [0.15, 0.2) is 0 Å². The fourth-order valence-electron chi connectivity index (χ4n) is 1.26. The van der Waals surface area contributed by atoms with Crippen LogP contribution in [-0.2, 0) is 4.79 Å². The predicted octanol–water partition coefficient (Wildman–Crippen LogP) is 3.43. The summed E-state index contributed by atoms with van der Waals surface area (Å²) in [6, 6.07) is 0. The number of hydrogen-bond acceptors (Lipinski definition) is 1. The van der Waals surface area contributed by atoms with Gasteiger partial charge in [0.05, 0.1) is 0 Å². The lowest BCUT2D eigenvalue weighted by Crippen LogP contribution is -2.05. The van der Waals surface area contributed by atoms with E-state index in [4.69, 9.17) is 0 Å². The van der Waals surface area contributed by atoms with Crippen molar-refractivity contribution in [2.75, 3.05) is 0 Å². The van der Waals surface area contributed by atoms with E-state index in [0.29, 0.717) is 11.3 Å². The molecule has 0 aromatic carbocycles. The molecule has 0 unspecified atom stereocenters. The third kappa shape index (κ3) is 7.77. The second-order valence-corrected chi connectivity index (χ2v) is 4.96. The van der Waals surface area contributed by atoms with Crippen molar-refractivity contribution in [2.45, 2.75) is 53.4 Å². The first-order chi connectivity index (χ1) is 5.45. The van der Waals surface area contributed by atoms with Crippen molar-refractivity contribution in [2.24, 2.45) is 11.3 Å². The van der Waals surface area contributed by atoms with E-state index in [1.807, 2.05) is 0 Å². The van der Waals surface area contributed by atoms with Gasteiger partial charge in [0.1, 0.15) is 6.29 Å². The molecule has 1 heteroatoms. The molecule has 0 amide bonds. The summed E-state index contributed by atoms with van der Waals surface area (Å²) in [5.74, 6) is 0.574. The first kappa shape index (κ1) is 11.7. The van der Waals surface area contributed by atoms with Crippen LogP contribution in [0, 0.1) is 11.3 Å². The van der Waals surface area contributed by atoms with Crippen molar-refractivity contribution in [3.8, 4) is 0 Å². The van der Waals surface area contributed by atoms with Gasteiger partial charge in [-0.15, -0.1) is 0 Å². The molecule has 0 rings (SSSR count). The van der Waals surface area contributed by atoms with E-state index in [1.165, 1.54) is 19.3 Å². The van der Waals surface area contributed by atoms with Gasteiger partial charge < -0.3 is 4.79 Å². The zero-order valence-electron chi connectivity index (χ0n) is 8.89. The Bertz CT molecular complexity index is 121. The first-order valence-electron chi connectivity index (χ1n) is 4.89. The van der Waals surface area contributed by atoms with E-state index >= 15 is 0 Å². The molecular formula is C11H22O. The SMILES string of the molecule is C[C@H](CC=O)CCCC(C)(C)C. The van der Waals surface area contributed by atoms with Crippen LogP contribution in [0.5, 0.6) is 0 Å². The van der Waals surface area contributed by atoms with Gasteiger partial charge in [-0.25, -0.2) is 0 Å². The minimum atomic E-state index is 0.445. The highest BCUT2D eigenvalue weighted by molar-refractivity contribution is 5.49. The van der Waals surface area contributed by atoms with Crippen molar-refractivity contribution in [3.63, 3.8) is 0 Å². The fraction of sp³-hybridized carbons (Fsp3) is 0.909. The highest BCUT2D eigenvalue weighted by atomic mass is 16.1. The highest BCUT2D eigenvalue weighted by Crippen LogP contribution is 2.23. The Morgan fingerprint density at radius 1 is 1.33 bits per heavy atom. The molecule has 0 aliphatic rings. The van der Waals surface area contributed by atoms with Crippen LogP contribution in [-0.4, -0.2) is 6.29 Å². The summed E-state index contributed by atoms with van der Waals surface area (Å²) in [4.78, 5) is 10.2. The van der Waals surface area contributed by atoms with E-state index in [-0.39, 0.29) is 0 Å². The standard InChI is InChI=1S/C11H22O/c1-10(7-9-12)6-5-8-11(2,3)4/h9-10H,5-8H2,1-4H3/t10-/m0/s1. The molecule has 0 saturated carbocycles. The van der Waals surface area contributed by atoms with Gasteiger partial charge in [-0.05, 0) is 17.8 Å². The van der Waals surface area contributed by atoms with Crippen LogP contribution in [0.3, 0.4) is 0 Å². The lowest BCUT2D eigenvalue weighted by Gasteiger charge is -2.18. The molecule has 1 nitrogen and oxygen atoms in total. The molecule has 0 aromatic heterocycles. The zero-order chi connectivity index (χ0) is 9.61. The van der Waals surface area contributed by atoms with E-state index < -0.39 is 0 Å². The van der Waals surface area contributed by atoms with E-state index in [9.17, 15) is 4.79 Å². The maximum absolute atomic E-state index is 10.2. The Labute approximate surface area is 76.6 Å². The van der Waals surface area contributed by atoms with Gasteiger partial charge in [-0.1, -0.05) is 40.5 Å². The summed E-state index contributed by atoms with van der Waals surface area (Å²) in [7, 11) is 0. The third-order valence-corrected chi connectivity index (χ3v) is 2.12. The summed E-state index contributed by atoms with van der Waals surface area (Å²) in [6.45, 7) is 8.93. The van der Waals surface area contributed by atoms with Gasteiger partial charge in [-0.3, -0.25) is 0 Å². The van der Waals surface area contributed by atoms with Crippen molar-refractivity contribution >= 4 is 6.29 Å². The minimum absolute atomic E-state index is 0.445. The number of rotatable bonds is 5. The summed E-state index contributed by atoms with van der Waals surface area (Å²) in [5.41, 5.74) is 0.445. The van der Waals surface area contributed by atoms with Gasteiger partial charge in [-0.2, -0.15) is 0 Å². The molecule has 0 N–H and O–H groups in total. The lowest BCUT2D eigenvalue weighted by atomic mass is 9.88. The van der Waals surface area contributed by atoms with Crippen molar-refractivity contribution in [3.05, 3.63) is 0 Å². The van der Waals surface area contributed by atoms with Gasteiger partial charge >= 0.3 is 0 Å². The molecule has 0 aliphatic heterocycles. The quantitative estimate of drug-likeness (QED) is 0.578. The summed E-state index contributed by atoms with van der Waals surface area (Å²) < 4.78 is 0. The van der Waals surface area contributed by atoms with Crippen molar-refractivity contribution in [1.29, 1.82) is 0 Å². The Morgan fingerprint density at radius 3 is 2.33 bits per heavy atom. The summed E-state index contributed by atoms with van der Waals surface area (Å²) in [6.07, 6.45) is 5.45. The Kier molecular flexibility index (Phi) is 5.19. The Morgan fingerprint density at radius 2 is 1.92 bits per heavy atom. The van der Waals surface area contributed by atoms with Crippen LogP contribution < -0.4 is 0 Å². The molecule has 12 heavy (non-hydrogen) atoms. The van der Waals surface area contributed by atoms with Gasteiger partial charge in [0.15, 0.2) is 0 Å². The number of aldehydes is 1. The zero-order valence-corrected chi connectivity index (χ0v) is 8.89. The van der Waals surface area contributed by atoms with E-state index in [2.05, 4.69) is 27.7 Å². The summed E-state index contributed by atoms with van der Waals surface area (Å²) in [5, 5.41) is 0. The largest absolute Gasteiger partial charge is 0.303 e. The highest BCUT2D eigenvalue weighted by Gasteiger charge is 2.10. The molecule has 0 radical (unpaired) electrons. The van der Waals surface area contributed by atoms with Gasteiger partial charge in [0.25, 0.3) is 0 Å². The van der Waals surface area contributed by atoms with Crippen molar-refractivity contribution in [1.82, 2.24) is 0 Å². The summed E-state index contributed by atoms with van der Waals surface area (Å²) >= 11 is 0. The maximum Gasteiger partial charge on any atom is 0.120 e. The molecule has 0 saturated heterocycles. The van der Waals surface area contributed by atoms with Crippen LogP contribution in [0.2, 0.25) is 0 Å². The average molecular weight is 170 g/mol. The van der Waals surface area contributed by atoms with Gasteiger partial charge in [0, 0.05) is 6.42 Å². The monoisotopic (exact) mass is 170 g/mol. The number of hydrogen-bond donors (Lipinski definition) is 0. The Balaban J connectivity index is 3.36. The molecule has 0 bridgehead atoms. The lowest BCUT2D eigenvalue weighted by molar-refractivity contribution is -0.108. The topological polar surface area (TPSA) is 17.1 Å². The second kappa shape index (κ2) is 5.34. The molecule has 0 heterocycles. The second-order valence-electron chi connectivity index (χ2n) is 4.96. The van der Waals surface area contributed by atoms with Crippen LogP contribution in [0.1, 0.15) is 53.4 Å². The molecule has 1 atom stereocenters. The molecule has 0 spiro atoms. The van der Waals surface area contributed by atoms with Gasteiger partial charge in [0.2, 0.25) is 0 Å². The molecular weight excluding hydrogens is 148 g/mol. The number of carbonyl (C=O) groups is 1. The fourth-order valence-corrected chi connectivity index (χ4v) is 1.26. The Hall–Kier alpha value is -0.330. The predicted molar refractivity (Wildman–Crippen MR) is 53.2 cm³/mol. The maximum atomic E-state index is 10.2. The number of carbonyl (C=O) groups excluding carboxylic acids is 1.